The zero-order chi connectivity index (χ0) is 18.4. The molecular formula is C17H14F3NO3S. The Morgan fingerprint density at radius 1 is 1.08 bits per heavy atom. The van der Waals surface area contributed by atoms with Crippen molar-refractivity contribution in [2.75, 3.05) is 4.90 Å². The van der Waals surface area contributed by atoms with Crippen molar-refractivity contribution in [2.45, 2.75) is 29.8 Å². The van der Waals surface area contributed by atoms with Crippen LogP contribution < -0.4 is 4.90 Å². The molecule has 0 fully saturated rings. The molecule has 1 heterocycles. The topological polar surface area (TPSA) is 54.5 Å². The Morgan fingerprint density at radius 3 is 2.28 bits per heavy atom. The van der Waals surface area contributed by atoms with Crippen LogP contribution in [0.25, 0.3) is 0 Å². The van der Waals surface area contributed by atoms with Gasteiger partial charge in [-0.1, -0.05) is 18.2 Å². The van der Waals surface area contributed by atoms with Crippen molar-refractivity contribution in [3.8, 4) is 0 Å². The van der Waals surface area contributed by atoms with Gasteiger partial charge in [0.15, 0.2) is 0 Å². The largest absolute Gasteiger partial charge is 0.501 e. The molecule has 0 radical (unpaired) electrons. The summed E-state index contributed by atoms with van der Waals surface area (Å²) in [4.78, 5) is 13.4. The number of hydrogen-bond acceptors (Lipinski definition) is 3. The van der Waals surface area contributed by atoms with Crippen LogP contribution in [0.15, 0.2) is 53.4 Å². The second-order valence-corrected chi connectivity index (χ2v) is 7.77. The van der Waals surface area contributed by atoms with Gasteiger partial charge in [0.05, 0.1) is 4.90 Å². The minimum Gasteiger partial charge on any atom is -0.305 e. The Hall–Kier alpha value is -2.35. The highest BCUT2D eigenvalue weighted by molar-refractivity contribution is 7.92. The fourth-order valence-electron chi connectivity index (χ4n) is 2.92. The Bertz CT molecular complexity index is 921. The summed E-state index contributed by atoms with van der Waals surface area (Å²) in [5.41, 5.74) is -3.47. The van der Waals surface area contributed by atoms with Crippen molar-refractivity contribution in [1.82, 2.24) is 0 Å². The van der Waals surface area contributed by atoms with Crippen molar-refractivity contribution in [2.24, 2.45) is 0 Å². The molecule has 0 bridgehead atoms. The fraction of sp³-hybridized carbons (Fsp3) is 0.235. The number of carbonyl (C=O) groups is 1. The summed E-state index contributed by atoms with van der Waals surface area (Å²) < 4.78 is 60.5. The van der Waals surface area contributed by atoms with Crippen LogP contribution >= 0.6 is 0 Å². The van der Waals surface area contributed by atoms with E-state index < -0.39 is 20.2 Å². The summed E-state index contributed by atoms with van der Waals surface area (Å²) in [5.74, 6) is -0.381. The fourth-order valence-corrected chi connectivity index (χ4v) is 3.69. The van der Waals surface area contributed by atoms with E-state index in [2.05, 4.69) is 0 Å². The molecule has 8 heteroatoms. The molecular weight excluding hydrogens is 355 g/mol. The first kappa shape index (κ1) is 17.5. The molecule has 25 heavy (non-hydrogen) atoms. The summed E-state index contributed by atoms with van der Waals surface area (Å²) in [6.07, 6.45) is 0.683. The van der Waals surface area contributed by atoms with E-state index in [-0.39, 0.29) is 17.5 Å². The predicted molar refractivity (Wildman–Crippen MR) is 86.1 cm³/mol. The van der Waals surface area contributed by atoms with E-state index in [0.29, 0.717) is 6.42 Å². The predicted octanol–water partition coefficient (Wildman–Crippen LogP) is 3.57. The molecule has 0 saturated carbocycles. The van der Waals surface area contributed by atoms with E-state index in [0.717, 1.165) is 35.5 Å². The molecule has 4 nitrogen and oxygen atoms in total. The Labute approximate surface area is 142 Å². The van der Waals surface area contributed by atoms with Gasteiger partial charge in [0.25, 0.3) is 15.7 Å². The zero-order valence-corrected chi connectivity index (χ0v) is 13.9. The SMILES string of the molecule is C[C@H]1Cc2ccccc2N1C(=O)c1ccc(S(=O)(=O)C(F)(F)F)cc1. The van der Waals surface area contributed by atoms with Crippen LogP contribution in [-0.2, 0) is 16.3 Å². The molecule has 0 aromatic heterocycles. The van der Waals surface area contributed by atoms with E-state index in [1.807, 2.05) is 19.1 Å². The molecule has 0 saturated heterocycles. The van der Waals surface area contributed by atoms with E-state index in [1.54, 1.807) is 17.0 Å². The molecule has 0 aliphatic carbocycles. The summed E-state index contributed by atoms with van der Waals surface area (Å²) in [7, 11) is -5.42. The highest BCUT2D eigenvalue weighted by Crippen LogP contribution is 2.34. The summed E-state index contributed by atoms with van der Waals surface area (Å²) in [5, 5.41) is 0. The first-order valence-corrected chi connectivity index (χ1v) is 8.94. The molecule has 1 atom stereocenters. The van der Waals surface area contributed by atoms with Gasteiger partial charge in [-0.05, 0) is 49.2 Å². The maximum Gasteiger partial charge on any atom is 0.501 e. The van der Waals surface area contributed by atoms with Crippen LogP contribution in [0, 0.1) is 0 Å². The smallest absolute Gasteiger partial charge is 0.305 e. The van der Waals surface area contributed by atoms with E-state index in [1.165, 1.54) is 0 Å². The Morgan fingerprint density at radius 2 is 1.68 bits per heavy atom. The molecule has 0 N–H and O–H groups in total. The third-order valence-corrected chi connectivity index (χ3v) is 5.64. The normalized spacial score (nSPS) is 17.4. The van der Waals surface area contributed by atoms with Gasteiger partial charge in [-0.15, -0.1) is 0 Å². The number of alkyl halides is 3. The van der Waals surface area contributed by atoms with Gasteiger partial charge < -0.3 is 4.90 Å². The average Bonchev–Trinajstić information content (AvgIpc) is 2.89. The highest BCUT2D eigenvalue weighted by atomic mass is 32.2. The minimum absolute atomic E-state index is 0.0940. The van der Waals surface area contributed by atoms with Crippen LogP contribution in [0.5, 0.6) is 0 Å². The van der Waals surface area contributed by atoms with Crippen LogP contribution in [0.2, 0.25) is 0 Å². The van der Waals surface area contributed by atoms with Gasteiger partial charge in [-0.3, -0.25) is 4.79 Å². The molecule has 0 spiro atoms. The van der Waals surface area contributed by atoms with Crippen molar-refractivity contribution < 1.29 is 26.4 Å². The second kappa shape index (κ2) is 5.87. The number of rotatable bonds is 2. The molecule has 1 amide bonds. The number of sulfone groups is 1. The third kappa shape index (κ3) is 2.90. The molecule has 1 aliphatic rings. The van der Waals surface area contributed by atoms with Gasteiger partial charge >= 0.3 is 5.51 Å². The Kier molecular flexibility index (Phi) is 4.10. The molecule has 2 aromatic carbocycles. The number of nitrogens with zero attached hydrogens (tertiary/aromatic N) is 1. The molecule has 1 aliphatic heterocycles. The second-order valence-electron chi connectivity index (χ2n) is 5.83. The lowest BCUT2D eigenvalue weighted by Crippen LogP contribution is -2.35. The molecule has 132 valence electrons. The number of para-hydroxylation sites is 1. The summed E-state index contributed by atoms with van der Waals surface area (Å²) in [6.45, 7) is 1.88. The van der Waals surface area contributed by atoms with Crippen molar-refractivity contribution >= 4 is 21.4 Å². The number of benzene rings is 2. The number of anilines is 1. The van der Waals surface area contributed by atoms with Crippen molar-refractivity contribution in [3.05, 3.63) is 59.7 Å². The quantitative estimate of drug-likeness (QED) is 0.813. The monoisotopic (exact) mass is 369 g/mol. The van der Waals surface area contributed by atoms with Gasteiger partial charge in [0.2, 0.25) is 0 Å². The lowest BCUT2D eigenvalue weighted by molar-refractivity contribution is -0.0436. The maximum absolute atomic E-state index is 12.7. The average molecular weight is 369 g/mol. The van der Waals surface area contributed by atoms with Gasteiger partial charge in [-0.2, -0.15) is 13.2 Å². The van der Waals surface area contributed by atoms with Crippen LogP contribution in [0.1, 0.15) is 22.8 Å². The van der Waals surface area contributed by atoms with Gasteiger partial charge in [-0.25, -0.2) is 8.42 Å². The van der Waals surface area contributed by atoms with Gasteiger partial charge in [0.1, 0.15) is 0 Å². The first-order valence-electron chi connectivity index (χ1n) is 7.46. The van der Waals surface area contributed by atoms with Crippen molar-refractivity contribution in [3.63, 3.8) is 0 Å². The molecule has 3 rings (SSSR count). The highest BCUT2D eigenvalue weighted by Gasteiger charge is 2.46. The van der Waals surface area contributed by atoms with Crippen molar-refractivity contribution in [1.29, 1.82) is 0 Å². The maximum atomic E-state index is 12.7. The van der Waals surface area contributed by atoms with Gasteiger partial charge in [0, 0.05) is 17.3 Å². The summed E-state index contributed by atoms with van der Waals surface area (Å²) in [6, 6.07) is 11.1. The standard InChI is InChI=1S/C17H14F3NO3S/c1-11-10-13-4-2-3-5-15(13)21(11)16(22)12-6-8-14(9-7-12)25(23,24)17(18,19)20/h2-9,11H,10H2,1H3/t11-/m0/s1. The van der Waals surface area contributed by atoms with Crippen LogP contribution in [-0.4, -0.2) is 25.9 Å². The number of fused-ring (bicyclic) bond motifs is 1. The van der Waals surface area contributed by atoms with E-state index >= 15 is 0 Å². The Balaban J connectivity index is 1.93. The third-order valence-electron chi connectivity index (χ3n) is 4.14. The number of hydrogen-bond donors (Lipinski definition) is 0. The molecule has 2 aromatic rings. The zero-order valence-electron chi connectivity index (χ0n) is 13.1. The lowest BCUT2D eigenvalue weighted by Gasteiger charge is -2.23. The summed E-state index contributed by atoms with van der Waals surface area (Å²) >= 11 is 0. The van der Waals surface area contributed by atoms with E-state index in [9.17, 15) is 26.4 Å². The van der Waals surface area contributed by atoms with Crippen LogP contribution in [0.4, 0.5) is 18.9 Å². The lowest BCUT2D eigenvalue weighted by atomic mass is 10.1. The minimum atomic E-state index is -5.42. The first-order chi connectivity index (χ1) is 11.6. The van der Waals surface area contributed by atoms with E-state index in [4.69, 9.17) is 0 Å². The number of amides is 1. The van der Waals surface area contributed by atoms with Crippen LogP contribution in [0.3, 0.4) is 0 Å². The number of carbonyl (C=O) groups excluding carboxylic acids is 1. The number of halogens is 3. The molecule has 0 unspecified atom stereocenters.